The summed E-state index contributed by atoms with van der Waals surface area (Å²) >= 11 is 6.10. The molecule has 1 saturated heterocycles. The molecule has 5 nitrogen and oxygen atoms in total. The van der Waals surface area contributed by atoms with Crippen LogP contribution in [0.1, 0.15) is 6.92 Å². The van der Waals surface area contributed by atoms with Gasteiger partial charge in [-0.1, -0.05) is 18.5 Å². The number of methoxy groups -OCH3 is 2. The standard InChI is InChI=1S/C15H23ClN2O3/c1-4-18-5-6-21-11(10-18)9-17-13-8-14(19-2)12(16)7-15(13)20-3/h7-8,11,17H,4-6,9-10H2,1-3H3. The van der Waals surface area contributed by atoms with Gasteiger partial charge in [0.25, 0.3) is 0 Å². The van der Waals surface area contributed by atoms with Crippen LogP contribution in [0.25, 0.3) is 0 Å². The number of hydrogen-bond donors (Lipinski definition) is 1. The van der Waals surface area contributed by atoms with Gasteiger partial charge in [-0.2, -0.15) is 0 Å². The number of morpholine rings is 1. The highest BCUT2D eigenvalue weighted by molar-refractivity contribution is 6.32. The van der Waals surface area contributed by atoms with Gasteiger partial charge in [0.05, 0.1) is 37.6 Å². The number of nitrogens with one attached hydrogen (secondary N) is 1. The zero-order chi connectivity index (χ0) is 15.2. The molecule has 1 aliphatic rings. The quantitative estimate of drug-likeness (QED) is 0.874. The van der Waals surface area contributed by atoms with Crippen molar-refractivity contribution in [2.24, 2.45) is 0 Å². The maximum Gasteiger partial charge on any atom is 0.143 e. The van der Waals surface area contributed by atoms with Gasteiger partial charge >= 0.3 is 0 Å². The SMILES string of the molecule is CCN1CCOC(CNc2cc(OC)c(Cl)cc2OC)C1. The van der Waals surface area contributed by atoms with Crippen molar-refractivity contribution in [3.63, 3.8) is 0 Å². The van der Waals surface area contributed by atoms with Gasteiger partial charge in [0.15, 0.2) is 0 Å². The minimum atomic E-state index is 0.171. The third kappa shape index (κ3) is 4.15. The van der Waals surface area contributed by atoms with E-state index in [0.717, 1.165) is 38.5 Å². The van der Waals surface area contributed by atoms with Gasteiger partial charge in [-0.25, -0.2) is 0 Å². The highest BCUT2D eigenvalue weighted by Crippen LogP contribution is 2.35. The summed E-state index contributed by atoms with van der Waals surface area (Å²) in [7, 11) is 3.22. The van der Waals surface area contributed by atoms with Crippen molar-refractivity contribution in [3.05, 3.63) is 17.2 Å². The number of hydrogen-bond acceptors (Lipinski definition) is 5. The van der Waals surface area contributed by atoms with E-state index in [9.17, 15) is 0 Å². The smallest absolute Gasteiger partial charge is 0.143 e. The number of halogens is 1. The first kappa shape index (κ1) is 16.2. The van der Waals surface area contributed by atoms with Crippen LogP contribution in [0.4, 0.5) is 5.69 Å². The third-order valence-corrected chi connectivity index (χ3v) is 3.96. The molecule has 2 rings (SSSR count). The van der Waals surface area contributed by atoms with Crippen molar-refractivity contribution in [2.75, 3.05) is 52.3 Å². The Hall–Kier alpha value is -1.17. The van der Waals surface area contributed by atoms with Crippen LogP contribution in [-0.4, -0.2) is 58.0 Å². The number of nitrogens with zero attached hydrogens (tertiary/aromatic N) is 1. The van der Waals surface area contributed by atoms with Crippen molar-refractivity contribution in [1.29, 1.82) is 0 Å². The van der Waals surface area contributed by atoms with E-state index in [1.807, 2.05) is 6.07 Å². The second-order valence-corrected chi connectivity index (χ2v) is 5.36. The minimum absolute atomic E-state index is 0.171. The van der Waals surface area contributed by atoms with Gasteiger partial charge in [-0.3, -0.25) is 4.90 Å². The van der Waals surface area contributed by atoms with Crippen LogP contribution in [0.15, 0.2) is 12.1 Å². The van der Waals surface area contributed by atoms with Crippen LogP contribution in [0.3, 0.4) is 0 Å². The average molecular weight is 315 g/mol. The summed E-state index contributed by atoms with van der Waals surface area (Å²) < 4.78 is 16.4. The molecule has 1 atom stereocenters. The van der Waals surface area contributed by atoms with Crippen LogP contribution in [0.2, 0.25) is 5.02 Å². The summed E-state index contributed by atoms with van der Waals surface area (Å²) in [6.45, 7) is 6.67. The lowest BCUT2D eigenvalue weighted by atomic mass is 10.2. The molecule has 1 aromatic carbocycles. The second-order valence-electron chi connectivity index (χ2n) is 4.95. The van der Waals surface area contributed by atoms with Gasteiger partial charge in [0.2, 0.25) is 0 Å². The molecule has 1 fully saturated rings. The monoisotopic (exact) mass is 314 g/mol. The fourth-order valence-electron chi connectivity index (χ4n) is 2.41. The summed E-state index contributed by atoms with van der Waals surface area (Å²) in [6, 6.07) is 3.60. The fourth-order valence-corrected chi connectivity index (χ4v) is 2.64. The predicted molar refractivity (Wildman–Crippen MR) is 84.9 cm³/mol. The van der Waals surface area contributed by atoms with Crippen molar-refractivity contribution in [3.8, 4) is 11.5 Å². The Morgan fingerprint density at radius 1 is 1.33 bits per heavy atom. The Bertz CT molecular complexity index is 470. The molecule has 0 radical (unpaired) electrons. The minimum Gasteiger partial charge on any atom is -0.495 e. The normalized spacial score (nSPS) is 19.3. The van der Waals surface area contributed by atoms with Crippen molar-refractivity contribution < 1.29 is 14.2 Å². The molecule has 1 aromatic rings. The third-order valence-electron chi connectivity index (χ3n) is 3.66. The number of anilines is 1. The fraction of sp³-hybridized carbons (Fsp3) is 0.600. The van der Waals surface area contributed by atoms with E-state index < -0.39 is 0 Å². The Labute approximate surface area is 131 Å². The first-order chi connectivity index (χ1) is 10.2. The predicted octanol–water partition coefficient (Wildman–Crippen LogP) is 2.49. The largest absolute Gasteiger partial charge is 0.495 e. The van der Waals surface area contributed by atoms with Gasteiger partial charge in [0, 0.05) is 31.8 Å². The van der Waals surface area contributed by atoms with E-state index in [-0.39, 0.29) is 6.10 Å². The van der Waals surface area contributed by atoms with Gasteiger partial charge in [-0.15, -0.1) is 0 Å². The summed E-state index contributed by atoms with van der Waals surface area (Å²) in [5, 5.41) is 3.90. The zero-order valence-electron chi connectivity index (χ0n) is 12.8. The highest BCUT2D eigenvalue weighted by atomic mass is 35.5. The Morgan fingerprint density at radius 3 is 2.76 bits per heavy atom. The van der Waals surface area contributed by atoms with Crippen LogP contribution in [0.5, 0.6) is 11.5 Å². The average Bonchev–Trinajstić information content (AvgIpc) is 2.53. The van der Waals surface area contributed by atoms with Crippen molar-refractivity contribution in [2.45, 2.75) is 13.0 Å². The molecule has 1 unspecified atom stereocenters. The summed E-state index contributed by atoms with van der Waals surface area (Å²) in [4.78, 5) is 2.38. The van der Waals surface area contributed by atoms with Crippen LogP contribution < -0.4 is 14.8 Å². The lowest BCUT2D eigenvalue weighted by Gasteiger charge is -2.32. The maximum absolute atomic E-state index is 6.10. The van der Waals surface area contributed by atoms with Crippen molar-refractivity contribution >= 4 is 17.3 Å². The molecular weight excluding hydrogens is 292 g/mol. The first-order valence-electron chi connectivity index (χ1n) is 7.17. The Balaban J connectivity index is 2.01. The number of rotatable bonds is 6. The Morgan fingerprint density at radius 2 is 2.10 bits per heavy atom. The molecule has 0 amide bonds. The molecule has 21 heavy (non-hydrogen) atoms. The topological polar surface area (TPSA) is 43.0 Å². The highest BCUT2D eigenvalue weighted by Gasteiger charge is 2.19. The number of benzene rings is 1. The lowest BCUT2D eigenvalue weighted by molar-refractivity contribution is -0.0191. The molecular formula is C15H23ClN2O3. The first-order valence-corrected chi connectivity index (χ1v) is 7.55. The van der Waals surface area contributed by atoms with E-state index in [0.29, 0.717) is 16.5 Å². The van der Waals surface area contributed by atoms with Crippen LogP contribution in [0, 0.1) is 0 Å². The lowest BCUT2D eigenvalue weighted by Crippen LogP contribution is -2.45. The zero-order valence-corrected chi connectivity index (χ0v) is 13.6. The summed E-state index contributed by atoms with van der Waals surface area (Å²) in [5.74, 6) is 1.32. The molecule has 0 aromatic heterocycles. The van der Waals surface area contributed by atoms with E-state index in [2.05, 4.69) is 17.1 Å². The molecule has 6 heteroatoms. The van der Waals surface area contributed by atoms with Gasteiger partial charge < -0.3 is 19.5 Å². The van der Waals surface area contributed by atoms with Crippen molar-refractivity contribution in [1.82, 2.24) is 4.90 Å². The molecule has 1 heterocycles. The maximum atomic E-state index is 6.10. The van der Waals surface area contributed by atoms with E-state index in [1.165, 1.54) is 0 Å². The number of ether oxygens (including phenoxy) is 3. The summed E-state index contributed by atoms with van der Waals surface area (Å²) in [6.07, 6.45) is 0.171. The van der Waals surface area contributed by atoms with Crippen LogP contribution >= 0.6 is 11.6 Å². The second kappa shape index (κ2) is 7.73. The summed E-state index contributed by atoms with van der Waals surface area (Å²) in [5.41, 5.74) is 0.857. The Kier molecular flexibility index (Phi) is 5.96. The molecule has 0 spiro atoms. The number of likely N-dealkylation sites (N-methyl/N-ethyl adjacent to an activating group) is 1. The molecule has 1 N–H and O–H groups in total. The van der Waals surface area contributed by atoms with Gasteiger partial charge in [-0.05, 0) is 6.54 Å². The molecule has 118 valence electrons. The molecule has 0 saturated carbocycles. The molecule has 0 bridgehead atoms. The van der Waals surface area contributed by atoms with Crippen LogP contribution in [-0.2, 0) is 4.74 Å². The molecule has 1 aliphatic heterocycles. The molecule has 0 aliphatic carbocycles. The van der Waals surface area contributed by atoms with E-state index in [1.54, 1.807) is 20.3 Å². The van der Waals surface area contributed by atoms with E-state index >= 15 is 0 Å². The van der Waals surface area contributed by atoms with Gasteiger partial charge in [0.1, 0.15) is 11.5 Å². The van der Waals surface area contributed by atoms with E-state index in [4.69, 9.17) is 25.8 Å².